The average molecular weight is 305 g/mol. The van der Waals surface area contributed by atoms with Gasteiger partial charge < -0.3 is 5.32 Å². The van der Waals surface area contributed by atoms with E-state index in [1.54, 1.807) is 23.5 Å². The summed E-state index contributed by atoms with van der Waals surface area (Å²) in [5, 5.41) is 6.09. The summed E-state index contributed by atoms with van der Waals surface area (Å²) >= 11 is 3.55. The molecule has 0 aromatic heterocycles. The molecule has 0 bridgehead atoms. The van der Waals surface area contributed by atoms with Crippen LogP contribution < -0.4 is 10.6 Å². The third-order valence-corrected chi connectivity index (χ3v) is 4.13. The van der Waals surface area contributed by atoms with Gasteiger partial charge in [-0.3, -0.25) is 10.1 Å². The van der Waals surface area contributed by atoms with Gasteiger partial charge in [-0.2, -0.15) is 11.8 Å². The molecular weight excluding hydrogens is 288 g/mol. The highest BCUT2D eigenvalue weighted by molar-refractivity contribution is 7.99. The third kappa shape index (κ3) is 4.39. The molecule has 18 heavy (non-hydrogen) atoms. The van der Waals surface area contributed by atoms with Gasteiger partial charge in [-0.25, -0.2) is 0 Å². The van der Waals surface area contributed by atoms with Crippen LogP contribution in [0, 0.1) is 0 Å². The number of anilines is 1. The Morgan fingerprint density at radius 2 is 2.22 bits per heavy atom. The maximum absolute atomic E-state index is 11.8. The number of thioether (sulfide) groups is 2. The van der Waals surface area contributed by atoms with Crippen molar-refractivity contribution in [2.24, 2.45) is 0 Å². The molecule has 3 nitrogen and oxygen atoms in total. The fraction of sp³-hybridized carbons (Fsp3) is 0.417. The third-order valence-electron chi connectivity index (χ3n) is 2.57. The second-order valence-electron chi connectivity index (χ2n) is 3.89. The van der Waals surface area contributed by atoms with Gasteiger partial charge in [0, 0.05) is 23.1 Å². The molecule has 1 aromatic carbocycles. The normalized spacial score (nSPS) is 18.2. The van der Waals surface area contributed by atoms with E-state index in [1.807, 2.05) is 12.1 Å². The van der Waals surface area contributed by atoms with Crippen LogP contribution in [-0.2, 0) is 10.5 Å². The highest BCUT2D eigenvalue weighted by Crippen LogP contribution is 2.15. The number of rotatable bonds is 4. The highest BCUT2D eigenvalue weighted by Gasteiger charge is 2.22. The van der Waals surface area contributed by atoms with Crippen molar-refractivity contribution in [2.75, 3.05) is 23.2 Å². The lowest BCUT2D eigenvalue weighted by atomic mass is 10.2. The minimum atomic E-state index is -0.0501. The first kappa shape index (κ1) is 15.7. The average Bonchev–Trinajstić information content (AvgIpc) is 2.86. The zero-order valence-corrected chi connectivity index (χ0v) is 12.6. The molecule has 2 N–H and O–H groups in total. The molecular formula is C12H17ClN2OS2. The zero-order valence-electron chi connectivity index (χ0n) is 10.1. The van der Waals surface area contributed by atoms with Gasteiger partial charge in [0.25, 0.3) is 0 Å². The topological polar surface area (TPSA) is 41.1 Å². The van der Waals surface area contributed by atoms with Crippen LogP contribution in [0.3, 0.4) is 0 Å². The van der Waals surface area contributed by atoms with Gasteiger partial charge in [-0.05, 0) is 24.0 Å². The number of hydrogen-bond acceptors (Lipinski definition) is 4. The predicted octanol–water partition coefficient (Wildman–Crippen LogP) is 2.57. The van der Waals surface area contributed by atoms with Gasteiger partial charge in [0.15, 0.2) is 0 Å². The Bertz CT molecular complexity index is 380. The Kier molecular flexibility index (Phi) is 6.92. The quantitative estimate of drug-likeness (QED) is 0.897. The van der Waals surface area contributed by atoms with Crippen molar-refractivity contribution in [3.63, 3.8) is 0 Å². The van der Waals surface area contributed by atoms with E-state index in [0.717, 1.165) is 23.1 Å². The van der Waals surface area contributed by atoms with Gasteiger partial charge in [-0.15, -0.1) is 24.2 Å². The van der Waals surface area contributed by atoms with E-state index >= 15 is 0 Å². The van der Waals surface area contributed by atoms with Gasteiger partial charge in [0.1, 0.15) is 0 Å². The Balaban J connectivity index is 0.00000162. The second-order valence-corrected chi connectivity index (χ2v) is 5.79. The number of nitrogens with one attached hydrogen (secondary N) is 2. The molecule has 0 spiro atoms. The first-order valence-corrected chi connectivity index (χ1v) is 8.04. The fourth-order valence-corrected chi connectivity index (χ4v) is 3.11. The number of benzene rings is 1. The number of hydrogen-bond donors (Lipinski definition) is 2. The molecule has 1 saturated heterocycles. The molecule has 1 atom stereocenters. The molecule has 1 fully saturated rings. The summed E-state index contributed by atoms with van der Waals surface area (Å²) in [6, 6.07) is 7.99. The molecule has 1 heterocycles. The lowest BCUT2D eigenvalue weighted by Gasteiger charge is -2.10. The van der Waals surface area contributed by atoms with E-state index in [0.29, 0.717) is 0 Å². The maximum Gasteiger partial charge on any atom is 0.242 e. The van der Waals surface area contributed by atoms with Crippen LogP contribution in [0.5, 0.6) is 0 Å². The maximum atomic E-state index is 11.8. The van der Waals surface area contributed by atoms with Crippen molar-refractivity contribution >= 4 is 47.5 Å². The van der Waals surface area contributed by atoms with E-state index in [1.165, 1.54) is 5.56 Å². The molecule has 100 valence electrons. The minimum absolute atomic E-state index is 0. The van der Waals surface area contributed by atoms with Crippen molar-refractivity contribution in [3.05, 3.63) is 29.8 Å². The first-order valence-electron chi connectivity index (χ1n) is 5.49. The number of carbonyl (C=O) groups is 1. The van der Waals surface area contributed by atoms with Crippen LogP contribution >= 0.6 is 35.9 Å². The number of halogens is 1. The van der Waals surface area contributed by atoms with Crippen LogP contribution in [0.1, 0.15) is 5.56 Å². The molecule has 0 radical (unpaired) electrons. The molecule has 0 aliphatic carbocycles. The van der Waals surface area contributed by atoms with E-state index < -0.39 is 0 Å². The van der Waals surface area contributed by atoms with Crippen LogP contribution in [0.25, 0.3) is 0 Å². The predicted molar refractivity (Wildman–Crippen MR) is 83.8 cm³/mol. The zero-order chi connectivity index (χ0) is 12.1. The second kappa shape index (κ2) is 7.94. The fourth-order valence-electron chi connectivity index (χ4n) is 1.64. The standard InChI is InChI=1S/C12H16N2OS2.ClH/c1-16-6-9-2-4-10(5-3-9)14-12(15)11-7-17-8-13-11;/h2-5,11,13H,6-8H2,1H3,(H,14,15);1H. The Morgan fingerprint density at radius 1 is 1.50 bits per heavy atom. The summed E-state index contributed by atoms with van der Waals surface area (Å²) in [5.41, 5.74) is 2.16. The van der Waals surface area contributed by atoms with Gasteiger partial charge >= 0.3 is 0 Å². The molecule has 1 aromatic rings. The molecule has 6 heteroatoms. The Morgan fingerprint density at radius 3 is 2.78 bits per heavy atom. The molecule has 0 saturated carbocycles. The summed E-state index contributed by atoms with van der Waals surface area (Å²) in [6.45, 7) is 0. The molecule has 1 amide bonds. The summed E-state index contributed by atoms with van der Waals surface area (Å²) < 4.78 is 0. The van der Waals surface area contributed by atoms with E-state index in [9.17, 15) is 4.79 Å². The Hall–Kier alpha value is -0.360. The summed E-state index contributed by atoms with van der Waals surface area (Å²) in [7, 11) is 0. The van der Waals surface area contributed by atoms with Crippen LogP contribution in [0.4, 0.5) is 5.69 Å². The minimum Gasteiger partial charge on any atom is -0.325 e. The summed E-state index contributed by atoms with van der Waals surface area (Å²) in [5.74, 6) is 2.79. The monoisotopic (exact) mass is 304 g/mol. The van der Waals surface area contributed by atoms with Gasteiger partial charge in [0.05, 0.1) is 6.04 Å². The van der Waals surface area contributed by atoms with E-state index in [-0.39, 0.29) is 24.4 Å². The summed E-state index contributed by atoms with van der Waals surface area (Å²) in [4.78, 5) is 11.8. The smallest absolute Gasteiger partial charge is 0.242 e. The molecule has 2 rings (SSSR count). The first-order chi connectivity index (χ1) is 8.29. The van der Waals surface area contributed by atoms with Crippen molar-refractivity contribution < 1.29 is 4.79 Å². The van der Waals surface area contributed by atoms with Crippen molar-refractivity contribution in [1.29, 1.82) is 0 Å². The van der Waals surface area contributed by atoms with Gasteiger partial charge in [-0.1, -0.05) is 12.1 Å². The molecule has 1 aliphatic rings. The van der Waals surface area contributed by atoms with Crippen molar-refractivity contribution in [3.8, 4) is 0 Å². The largest absolute Gasteiger partial charge is 0.325 e. The van der Waals surface area contributed by atoms with Crippen LogP contribution in [0.2, 0.25) is 0 Å². The van der Waals surface area contributed by atoms with Crippen molar-refractivity contribution in [1.82, 2.24) is 5.32 Å². The number of amides is 1. The van der Waals surface area contributed by atoms with E-state index in [4.69, 9.17) is 0 Å². The van der Waals surface area contributed by atoms with Gasteiger partial charge in [0.2, 0.25) is 5.91 Å². The van der Waals surface area contributed by atoms with Crippen LogP contribution in [-0.4, -0.2) is 29.8 Å². The highest BCUT2D eigenvalue weighted by atomic mass is 35.5. The summed E-state index contributed by atoms with van der Waals surface area (Å²) in [6.07, 6.45) is 2.08. The Labute approximate surface area is 122 Å². The number of carbonyl (C=O) groups excluding carboxylic acids is 1. The van der Waals surface area contributed by atoms with E-state index in [2.05, 4.69) is 29.0 Å². The lowest BCUT2D eigenvalue weighted by Crippen LogP contribution is -2.37. The molecule has 1 unspecified atom stereocenters. The lowest BCUT2D eigenvalue weighted by molar-refractivity contribution is -0.117. The SMILES string of the molecule is CSCc1ccc(NC(=O)C2CSCN2)cc1.Cl. The van der Waals surface area contributed by atoms with Crippen molar-refractivity contribution in [2.45, 2.75) is 11.8 Å². The molecule has 1 aliphatic heterocycles. The van der Waals surface area contributed by atoms with Crippen LogP contribution in [0.15, 0.2) is 24.3 Å².